The van der Waals surface area contributed by atoms with Gasteiger partial charge < -0.3 is 5.32 Å². The molecule has 1 saturated heterocycles. The number of nitrogens with one attached hydrogen (secondary N) is 1. The molecule has 0 bridgehead atoms. The summed E-state index contributed by atoms with van der Waals surface area (Å²) in [4.78, 5) is 0.192. The SMILES string of the molecule is CCNCc1cc(S(=O)(=O)N2CCCC2CC)ccc1F. The van der Waals surface area contributed by atoms with Crippen LogP contribution < -0.4 is 5.32 Å². The van der Waals surface area contributed by atoms with Crippen molar-refractivity contribution in [1.29, 1.82) is 0 Å². The molecule has 0 saturated carbocycles. The highest BCUT2D eigenvalue weighted by molar-refractivity contribution is 7.89. The topological polar surface area (TPSA) is 49.4 Å². The van der Waals surface area contributed by atoms with Gasteiger partial charge in [-0.1, -0.05) is 13.8 Å². The summed E-state index contributed by atoms with van der Waals surface area (Å²) < 4.78 is 40.8. The lowest BCUT2D eigenvalue weighted by Crippen LogP contribution is -2.35. The molecule has 1 unspecified atom stereocenters. The third kappa shape index (κ3) is 3.44. The first-order valence-electron chi connectivity index (χ1n) is 7.51. The van der Waals surface area contributed by atoms with Gasteiger partial charge in [-0.3, -0.25) is 0 Å². The summed E-state index contributed by atoms with van der Waals surface area (Å²) in [5.41, 5.74) is 0.394. The molecule has 6 heteroatoms. The first-order chi connectivity index (χ1) is 10.0. The summed E-state index contributed by atoms with van der Waals surface area (Å²) >= 11 is 0. The van der Waals surface area contributed by atoms with Crippen LogP contribution in [0.5, 0.6) is 0 Å². The average Bonchev–Trinajstić information content (AvgIpc) is 2.95. The van der Waals surface area contributed by atoms with Crippen molar-refractivity contribution in [3.8, 4) is 0 Å². The van der Waals surface area contributed by atoms with Crippen molar-refractivity contribution in [3.05, 3.63) is 29.6 Å². The highest BCUT2D eigenvalue weighted by atomic mass is 32.2. The fourth-order valence-electron chi connectivity index (χ4n) is 2.78. The van der Waals surface area contributed by atoms with Crippen LogP contribution in [0, 0.1) is 5.82 Å². The van der Waals surface area contributed by atoms with Crippen LogP contribution >= 0.6 is 0 Å². The minimum atomic E-state index is -3.53. The number of halogens is 1. The van der Waals surface area contributed by atoms with Gasteiger partial charge in [-0.15, -0.1) is 0 Å². The molecule has 21 heavy (non-hydrogen) atoms. The predicted molar refractivity (Wildman–Crippen MR) is 81.0 cm³/mol. The molecule has 1 aromatic rings. The van der Waals surface area contributed by atoms with E-state index in [0.29, 0.717) is 25.2 Å². The van der Waals surface area contributed by atoms with Gasteiger partial charge in [-0.25, -0.2) is 12.8 Å². The Kier molecular flexibility index (Phi) is 5.35. The molecule has 0 aliphatic carbocycles. The second kappa shape index (κ2) is 6.85. The standard InChI is InChI=1S/C15H23FN2O2S/c1-3-13-6-5-9-18(13)21(19,20)14-7-8-15(16)12(10-14)11-17-4-2/h7-8,10,13,17H,3-6,9,11H2,1-2H3. The number of rotatable bonds is 6. The number of hydrogen-bond acceptors (Lipinski definition) is 3. The Morgan fingerprint density at radius 3 is 2.81 bits per heavy atom. The lowest BCUT2D eigenvalue weighted by molar-refractivity contribution is 0.379. The summed E-state index contributed by atoms with van der Waals surface area (Å²) in [6.07, 6.45) is 2.61. The number of sulfonamides is 1. The normalized spacial score (nSPS) is 20.0. The molecule has 1 fully saturated rings. The minimum absolute atomic E-state index is 0.0669. The molecule has 0 radical (unpaired) electrons. The van der Waals surface area contributed by atoms with Gasteiger partial charge in [-0.2, -0.15) is 4.31 Å². The smallest absolute Gasteiger partial charge is 0.243 e. The van der Waals surface area contributed by atoms with E-state index in [0.717, 1.165) is 19.3 Å². The van der Waals surface area contributed by atoms with Crippen molar-refractivity contribution in [2.75, 3.05) is 13.1 Å². The zero-order chi connectivity index (χ0) is 15.5. The van der Waals surface area contributed by atoms with Gasteiger partial charge in [0.15, 0.2) is 0 Å². The Balaban J connectivity index is 2.31. The van der Waals surface area contributed by atoms with Crippen LogP contribution in [0.3, 0.4) is 0 Å². The summed E-state index contributed by atoms with van der Waals surface area (Å²) in [6.45, 7) is 5.53. The summed E-state index contributed by atoms with van der Waals surface area (Å²) in [7, 11) is -3.53. The minimum Gasteiger partial charge on any atom is -0.313 e. The second-order valence-corrected chi connectivity index (χ2v) is 7.24. The van der Waals surface area contributed by atoms with E-state index in [9.17, 15) is 12.8 Å². The van der Waals surface area contributed by atoms with E-state index >= 15 is 0 Å². The maximum absolute atomic E-state index is 13.8. The van der Waals surface area contributed by atoms with E-state index in [4.69, 9.17) is 0 Å². The van der Waals surface area contributed by atoms with Gasteiger partial charge in [0.1, 0.15) is 5.82 Å². The summed E-state index contributed by atoms with van der Waals surface area (Å²) in [5.74, 6) is -0.372. The molecule has 2 rings (SSSR count). The third-order valence-electron chi connectivity index (χ3n) is 3.98. The Bertz CT molecular complexity index is 589. The first-order valence-corrected chi connectivity index (χ1v) is 8.95. The largest absolute Gasteiger partial charge is 0.313 e. The molecule has 1 aliphatic heterocycles. The van der Waals surface area contributed by atoms with Gasteiger partial charge in [0, 0.05) is 24.7 Å². The summed E-state index contributed by atoms with van der Waals surface area (Å²) in [6, 6.07) is 4.14. The molecule has 0 aromatic heterocycles. The molecule has 4 nitrogen and oxygen atoms in total. The van der Waals surface area contributed by atoms with Crippen LogP contribution in [-0.2, 0) is 16.6 Å². The van der Waals surface area contributed by atoms with E-state index in [1.165, 1.54) is 18.2 Å². The molecule has 1 atom stereocenters. The fraction of sp³-hybridized carbons (Fsp3) is 0.600. The lowest BCUT2D eigenvalue weighted by Gasteiger charge is -2.23. The number of nitrogens with zero attached hydrogens (tertiary/aromatic N) is 1. The fourth-order valence-corrected chi connectivity index (χ4v) is 4.59. The molecule has 1 aromatic carbocycles. The third-order valence-corrected chi connectivity index (χ3v) is 5.93. The van der Waals surface area contributed by atoms with Crippen molar-refractivity contribution >= 4 is 10.0 Å². The van der Waals surface area contributed by atoms with Gasteiger partial charge in [0.25, 0.3) is 0 Å². The monoisotopic (exact) mass is 314 g/mol. The van der Waals surface area contributed by atoms with Crippen LogP contribution in [0.4, 0.5) is 4.39 Å². The van der Waals surface area contributed by atoms with E-state index < -0.39 is 10.0 Å². The Morgan fingerprint density at radius 2 is 2.14 bits per heavy atom. The van der Waals surface area contributed by atoms with Gasteiger partial charge in [-0.05, 0) is 44.0 Å². The van der Waals surface area contributed by atoms with E-state index in [-0.39, 0.29) is 16.8 Å². The molecular weight excluding hydrogens is 291 g/mol. The van der Waals surface area contributed by atoms with Crippen molar-refractivity contribution in [2.45, 2.75) is 50.6 Å². The predicted octanol–water partition coefficient (Wildman–Crippen LogP) is 2.50. The van der Waals surface area contributed by atoms with Crippen LogP contribution in [0.2, 0.25) is 0 Å². The van der Waals surface area contributed by atoms with Crippen molar-refractivity contribution in [1.82, 2.24) is 9.62 Å². The van der Waals surface area contributed by atoms with Gasteiger partial charge in [0.2, 0.25) is 10.0 Å². The van der Waals surface area contributed by atoms with Crippen LogP contribution in [0.15, 0.2) is 23.1 Å². The quantitative estimate of drug-likeness (QED) is 0.877. The maximum atomic E-state index is 13.8. The van der Waals surface area contributed by atoms with E-state index in [1.54, 1.807) is 4.31 Å². The first kappa shape index (κ1) is 16.4. The molecule has 1 heterocycles. The lowest BCUT2D eigenvalue weighted by atomic mass is 10.2. The Morgan fingerprint density at radius 1 is 1.38 bits per heavy atom. The van der Waals surface area contributed by atoms with E-state index in [2.05, 4.69) is 5.32 Å². The number of hydrogen-bond donors (Lipinski definition) is 1. The van der Waals surface area contributed by atoms with Crippen molar-refractivity contribution in [2.24, 2.45) is 0 Å². The molecule has 1 aliphatic rings. The molecule has 0 amide bonds. The maximum Gasteiger partial charge on any atom is 0.243 e. The molecule has 0 spiro atoms. The number of benzene rings is 1. The van der Waals surface area contributed by atoms with Crippen molar-refractivity contribution < 1.29 is 12.8 Å². The van der Waals surface area contributed by atoms with Gasteiger partial charge >= 0.3 is 0 Å². The van der Waals surface area contributed by atoms with Crippen molar-refractivity contribution in [3.63, 3.8) is 0 Å². The Labute approximate surface area is 126 Å². The molecule has 1 N–H and O–H groups in total. The van der Waals surface area contributed by atoms with Crippen LogP contribution in [0.25, 0.3) is 0 Å². The summed E-state index contributed by atoms with van der Waals surface area (Å²) in [5, 5.41) is 3.03. The average molecular weight is 314 g/mol. The van der Waals surface area contributed by atoms with Gasteiger partial charge in [0.05, 0.1) is 4.90 Å². The molecule has 118 valence electrons. The zero-order valence-corrected chi connectivity index (χ0v) is 13.4. The highest BCUT2D eigenvalue weighted by Gasteiger charge is 2.34. The zero-order valence-electron chi connectivity index (χ0n) is 12.6. The van der Waals surface area contributed by atoms with Crippen LogP contribution in [-0.4, -0.2) is 31.9 Å². The van der Waals surface area contributed by atoms with E-state index in [1.807, 2.05) is 13.8 Å². The second-order valence-electron chi connectivity index (χ2n) is 5.35. The molecular formula is C15H23FN2O2S. The van der Waals surface area contributed by atoms with Crippen LogP contribution in [0.1, 0.15) is 38.7 Å². The highest BCUT2D eigenvalue weighted by Crippen LogP contribution is 2.28. The Hall–Kier alpha value is -0.980.